The molecule has 1 aliphatic carbocycles. The first-order valence-electron chi connectivity index (χ1n) is 10.2. The maximum absolute atomic E-state index is 9.59. The summed E-state index contributed by atoms with van der Waals surface area (Å²) in [5.74, 6) is -0.245. The highest BCUT2D eigenvalue weighted by molar-refractivity contribution is 6.30. The first-order chi connectivity index (χ1) is 13.0. The molecule has 0 bridgehead atoms. The van der Waals surface area contributed by atoms with Crippen LogP contribution >= 0.6 is 11.6 Å². The van der Waals surface area contributed by atoms with Crippen LogP contribution in [0.2, 0.25) is 5.02 Å². The van der Waals surface area contributed by atoms with Gasteiger partial charge < -0.3 is 5.73 Å². The predicted molar refractivity (Wildman–Crippen MR) is 121 cm³/mol. The van der Waals surface area contributed by atoms with Gasteiger partial charge in [0.1, 0.15) is 0 Å². The Bertz CT molecular complexity index is 656. The Morgan fingerprint density at radius 2 is 1.85 bits per heavy atom. The molecule has 2 nitrogen and oxygen atoms in total. The largest absolute Gasteiger partial charge is 0.370 e. The van der Waals surface area contributed by atoms with Crippen molar-refractivity contribution in [2.75, 3.05) is 0 Å². The number of aryl methyl sites for hydroxylation is 1. The number of rotatable bonds is 6. The smallest absolute Gasteiger partial charge is 0.217 e. The number of carbonyl (C=O) groups is 1. The zero-order valence-electron chi connectivity index (χ0n) is 17.6. The molecule has 0 saturated heterocycles. The van der Waals surface area contributed by atoms with Crippen LogP contribution < -0.4 is 5.73 Å². The Morgan fingerprint density at radius 3 is 2.33 bits per heavy atom. The molecule has 0 aromatic heterocycles. The molecule has 1 aliphatic rings. The van der Waals surface area contributed by atoms with Crippen LogP contribution in [0.1, 0.15) is 77.8 Å². The number of benzene rings is 1. The Balaban J connectivity index is 0.000000838. The summed E-state index contributed by atoms with van der Waals surface area (Å²) in [4.78, 5) is 9.59. The normalized spacial score (nSPS) is 13.0. The molecule has 2 rings (SSSR count). The molecule has 2 N–H and O–H groups in total. The molecule has 3 heteroatoms. The molecule has 1 aromatic carbocycles. The quantitative estimate of drug-likeness (QED) is 0.546. The molecule has 0 spiro atoms. The van der Waals surface area contributed by atoms with Gasteiger partial charge in [-0.3, -0.25) is 4.79 Å². The number of carbonyl (C=O) groups excluding carboxylic acids is 1. The highest BCUT2D eigenvalue weighted by Gasteiger charge is 2.12. The third kappa shape index (κ3) is 9.63. The molecular weight excluding hydrogens is 354 g/mol. The van der Waals surface area contributed by atoms with E-state index in [1.807, 2.05) is 19.9 Å². The van der Waals surface area contributed by atoms with Gasteiger partial charge in [-0.05, 0) is 60.1 Å². The fourth-order valence-corrected chi connectivity index (χ4v) is 2.86. The average Bonchev–Trinajstić information content (AvgIpc) is 2.70. The summed E-state index contributed by atoms with van der Waals surface area (Å²) in [7, 11) is 0. The van der Waals surface area contributed by atoms with Crippen molar-refractivity contribution in [3.8, 4) is 0 Å². The minimum atomic E-state index is -0.245. The first-order valence-corrected chi connectivity index (χ1v) is 10.6. The van der Waals surface area contributed by atoms with Crippen molar-refractivity contribution in [1.82, 2.24) is 0 Å². The summed E-state index contributed by atoms with van der Waals surface area (Å²) in [5, 5.41) is 0.822. The van der Waals surface area contributed by atoms with Crippen LogP contribution in [0.25, 0.3) is 5.57 Å². The van der Waals surface area contributed by atoms with E-state index in [0.29, 0.717) is 6.42 Å². The van der Waals surface area contributed by atoms with Gasteiger partial charge in [-0.15, -0.1) is 0 Å². The van der Waals surface area contributed by atoms with Gasteiger partial charge >= 0.3 is 0 Å². The van der Waals surface area contributed by atoms with E-state index >= 15 is 0 Å². The zero-order valence-corrected chi connectivity index (χ0v) is 18.4. The van der Waals surface area contributed by atoms with Crippen molar-refractivity contribution in [2.45, 2.75) is 73.1 Å². The number of amides is 1. The van der Waals surface area contributed by atoms with E-state index in [1.54, 1.807) is 6.92 Å². The second-order valence-corrected chi connectivity index (χ2v) is 6.47. The number of primary amides is 1. The lowest BCUT2D eigenvalue weighted by molar-refractivity contribution is -0.117. The Labute approximate surface area is 171 Å². The number of halogens is 1. The molecular formula is C24H36ClNO. The maximum Gasteiger partial charge on any atom is 0.217 e. The van der Waals surface area contributed by atoms with Crippen LogP contribution in [-0.2, 0) is 11.2 Å². The van der Waals surface area contributed by atoms with Crippen LogP contribution in [0.3, 0.4) is 0 Å². The van der Waals surface area contributed by atoms with Crippen molar-refractivity contribution >= 4 is 23.1 Å². The number of nitrogens with two attached hydrogens (primary N) is 1. The lowest BCUT2D eigenvalue weighted by atomic mass is 9.89. The summed E-state index contributed by atoms with van der Waals surface area (Å²) in [6.07, 6.45) is 15.2. The van der Waals surface area contributed by atoms with E-state index in [9.17, 15) is 4.79 Å². The van der Waals surface area contributed by atoms with E-state index in [1.165, 1.54) is 22.3 Å². The van der Waals surface area contributed by atoms with E-state index in [4.69, 9.17) is 11.6 Å². The van der Waals surface area contributed by atoms with Crippen molar-refractivity contribution < 1.29 is 4.79 Å². The Kier molecular flexibility index (Phi) is 14.3. The van der Waals surface area contributed by atoms with Gasteiger partial charge in [-0.25, -0.2) is 0 Å². The second kappa shape index (κ2) is 15.3. The molecule has 0 heterocycles. The van der Waals surface area contributed by atoms with Gasteiger partial charge in [-0.1, -0.05) is 83.0 Å². The van der Waals surface area contributed by atoms with E-state index < -0.39 is 0 Å². The highest BCUT2D eigenvalue weighted by atomic mass is 35.5. The number of allylic oxidation sites excluding steroid dienone is 6. The van der Waals surface area contributed by atoms with E-state index in [0.717, 1.165) is 37.1 Å². The van der Waals surface area contributed by atoms with E-state index in [-0.39, 0.29) is 5.91 Å². The lowest BCUT2D eigenvalue weighted by Crippen LogP contribution is -2.06. The van der Waals surface area contributed by atoms with Crippen molar-refractivity contribution in [3.05, 3.63) is 64.2 Å². The lowest BCUT2D eigenvalue weighted by Gasteiger charge is -2.16. The van der Waals surface area contributed by atoms with Gasteiger partial charge in [0.05, 0.1) is 0 Å². The van der Waals surface area contributed by atoms with E-state index in [2.05, 4.69) is 56.0 Å². The minimum Gasteiger partial charge on any atom is -0.370 e. The SMILES string of the molecule is CC.CC/C=C(\C1=CCCC=C1)c1cc(Cl)ccc1CCC.CCC(N)=O. The fraction of sp³-hybridized carbons (Fsp3) is 0.458. The number of hydrogen-bond donors (Lipinski definition) is 1. The third-order valence-corrected chi connectivity index (χ3v) is 4.18. The average molecular weight is 390 g/mol. The molecule has 0 saturated carbocycles. The molecule has 0 unspecified atom stereocenters. The van der Waals surface area contributed by atoms with Crippen LogP contribution in [-0.4, -0.2) is 5.91 Å². The maximum atomic E-state index is 9.59. The summed E-state index contributed by atoms with van der Waals surface area (Å²) in [5.41, 5.74) is 10.0. The molecule has 0 aliphatic heterocycles. The van der Waals surface area contributed by atoms with Crippen LogP contribution in [0.5, 0.6) is 0 Å². The van der Waals surface area contributed by atoms with Crippen LogP contribution in [0.4, 0.5) is 0 Å². The summed E-state index contributed by atoms with van der Waals surface area (Å²) >= 11 is 6.24. The molecule has 150 valence electrons. The predicted octanol–water partition coefficient (Wildman–Crippen LogP) is 7.27. The fourth-order valence-electron chi connectivity index (χ4n) is 2.69. The Morgan fingerprint density at radius 1 is 1.19 bits per heavy atom. The standard InChI is InChI=1S/C19H23Cl.C3H7NO.C2H6/c1-3-8-15-12-13-17(20)14-19(15)18(9-4-2)16-10-6-5-7-11-16;1-2-3(4)5;1-2/h6,9-14H,3-5,7-8H2,1-2H3;2H2,1H3,(H2,4,5);1-2H3/b18-9+;;. The molecule has 0 atom stereocenters. The Hall–Kier alpha value is -1.80. The van der Waals surface area contributed by atoms with Gasteiger partial charge in [0.25, 0.3) is 0 Å². The molecule has 27 heavy (non-hydrogen) atoms. The highest BCUT2D eigenvalue weighted by Crippen LogP contribution is 2.32. The van der Waals surface area contributed by atoms with Crippen molar-refractivity contribution in [2.24, 2.45) is 5.73 Å². The summed E-state index contributed by atoms with van der Waals surface area (Å²) < 4.78 is 0. The van der Waals surface area contributed by atoms with Crippen LogP contribution in [0.15, 0.2) is 48.1 Å². The topological polar surface area (TPSA) is 43.1 Å². The molecule has 0 radical (unpaired) electrons. The summed E-state index contributed by atoms with van der Waals surface area (Å²) in [6.45, 7) is 10.1. The van der Waals surface area contributed by atoms with Gasteiger partial charge in [-0.2, -0.15) is 0 Å². The molecule has 1 aromatic rings. The zero-order chi connectivity index (χ0) is 20.7. The van der Waals surface area contributed by atoms with Gasteiger partial charge in [0, 0.05) is 11.4 Å². The monoisotopic (exact) mass is 389 g/mol. The van der Waals surface area contributed by atoms with Gasteiger partial charge in [0.2, 0.25) is 5.91 Å². The van der Waals surface area contributed by atoms with Crippen molar-refractivity contribution in [3.63, 3.8) is 0 Å². The summed E-state index contributed by atoms with van der Waals surface area (Å²) in [6, 6.07) is 6.31. The third-order valence-electron chi connectivity index (χ3n) is 3.94. The number of hydrogen-bond acceptors (Lipinski definition) is 1. The molecule has 0 fully saturated rings. The minimum absolute atomic E-state index is 0.245. The van der Waals surface area contributed by atoms with Crippen molar-refractivity contribution in [1.29, 1.82) is 0 Å². The van der Waals surface area contributed by atoms with Crippen LogP contribution in [0, 0.1) is 0 Å². The second-order valence-electron chi connectivity index (χ2n) is 6.04. The first kappa shape index (κ1) is 25.2. The molecule has 1 amide bonds. The van der Waals surface area contributed by atoms with Gasteiger partial charge in [0.15, 0.2) is 0 Å².